The average Bonchev–Trinajstić information content (AvgIpc) is 3.43. The molecule has 8 nitrogen and oxygen atoms in total. The van der Waals surface area contributed by atoms with Crippen molar-refractivity contribution in [3.05, 3.63) is 59.3 Å². The molecular formula is C34H44F4N6O2S. The van der Waals surface area contributed by atoms with Gasteiger partial charge in [0.25, 0.3) is 0 Å². The van der Waals surface area contributed by atoms with Gasteiger partial charge in [0.05, 0.1) is 36.7 Å². The number of fused-ring (bicyclic) bond motifs is 1. The third kappa shape index (κ3) is 8.25. The Labute approximate surface area is 278 Å². The van der Waals surface area contributed by atoms with Crippen molar-refractivity contribution in [2.24, 2.45) is 0 Å². The molecule has 0 aliphatic carbocycles. The van der Waals surface area contributed by atoms with Crippen LogP contribution in [0, 0.1) is 0 Å². The maximum atomic E-state index is 14.0. The average molecular weight is 677 g/mol. The van der Waals surface area contributed by atoms with Gasteiger partial charge in [-0.1, -0.05) is 18.2 Å². The lowest BCUT2D eigenvalue weighted by molar-refractivity contribution is -0.139. The highest BCUT2D eigenvalue weighted by Gasteiger charge is 2.34. The molecular weight excluding hydrogens is 632 g/mol. The number of para-hydroxylation sites is 2. The van der Waals surface area contributed by atoms with E-state index in [0.717, 1.165) is 67.9 Å². The van der Waals surface area contributed by atoms with E-state index in [0.29, 0.717) is 69.1 Å². The van der Waals surface area contributed by atoms with Gasteiger partial charge in [0, 0.05) is 99.3 Å². The Balaban J connectivity index is 1.13. The van der Waals surface area contributed by atoms with E-state index in [1.807, 2.05) is 22.9 Å². The third-order valence-corrected chi connectivity index (χ3v) is 10.4. The number of rotatable bonds is 11. The Kier molecular flexibility index (Phi) is 11.0. The standard InChI is InChI=1S/C34H44F4N6O2S/c1-46-31-5-3-2-4-30(31)43-16-14-42(15-17-43)22-26(45)23-44-29-8-11-39-21-27(29)33(40-44)24-6-7-28(34(36,37)38)32(20-24)47-19-18-41-12-9-25(35)10-13-41/h2-7,20,25-26,39,45H,8-19,21-23H2,1H3/t26-/m0/s1. The number of nitrogens with one attached hydrogen (secondary N) is 1. The number of benzene rings is 2. The summed E-state index contributed by atoms with van der Waals surface area (Å²) in [6, 6.07) is 12.3. The molecule has 1 aromatic heterocycles. The molecule has 2 saturated heterocycles. The van der Waals surface area contributed by atoms with Gasteiger partial charge in [-0.2, -0.15) is 18.3 Å². The summed E-state index contributed by atoms with van der Waals surface area (Å²) in [6.07, 6.45) is -4.23. The SMILES string of the molecule is COc1ccccc1N1CCN(C[C@H](O)Cn2nc(-c3ccc(C(F)(F)F)c(SCCN4CCC(F)CC4)c3)c3c2CCNC3)CC1. The van der Waals surface area contributed by atoms with Gasteiger partial charge < -0.3 is 25.0 Å². The highest BCUT2D eigenvalue weighted by Crippen LogP contribution is 2.40. The van der Waals surface area contributed by atoms with Crippen molar-refractivity contribution in [1.29, 1.82) is 0 Å². The molecule has 0 radical (unpaired) electrons. The van der Waals surface area contributed by atoms with Gasteiger partial charge in [0.1, 0.15) is 11.9 Å². The normalized spacial score (nSPS) is 19.1. The van der Waals surface area contributed by atoms with Crippen LogP contribution in [0.25, 0.3) is 11.3 Å². The number of hydrogen-bond donors (Lipinski definition) is 2. The minimum absolute atomic E-state index is 0.176. The van der Waals surface area contributed by atoms with Gasteiger partial charge >= 0.3 is 6.18 Å². The molecule has 13 heteroatoms. The zero-order chi connectivity index (χ0) is 33.0. The molecule has 6 rings (SSSR count). The minimum Gasteiger partial charge on any atom is -0.495 e. The molecule has 3 aromatic rings. The lowest BCUT2D eigenvalue weighted by Crippen LogP contribution is -2.49. The maximum absolute atomic E-state index is 14.0. The summed E-state index contributed by atoms with van der Waals surface area (Å²) in [7, 11) is 1.68. The summed E-state index contributed by atoms with van der Waals surface area (Å²) in [5.41, 5.74) is 3.71. The van der Waals surface area contributed by atoms with Crippen LogP contribution in [-0.2, 0) is 25.7 Å². The molecule has 0 saturated carbocycles. The number of aliphatic hydroxyl groups excluding tert-OH is 1. The molecule has 2 aromatic carbocycles. The fourth-order valence-electron chi connectivity index (χ4n) is 6.85. The van der Waals surface area contributed by atoms with Crippen molar-refractivity contribution in [2.45, 2.75) is 55.7 Å². The van der Waals surface area contributed by atoms with Gasteiger partial charge in [-0.25, -0.2) is 4.39 Å². The molecule has 3 aliphatic heterocycles. The number of piperidine rings is 1. The number of aliphatic hydroxyl groups is 1. The van der Waals surface area contributed by atoms with Crippen LogP contribution in [0.3, 0.4) is 0 Å². The van der Waals surface area contributed by atoms with Crippen molar-refractivity contribution in [3.8, 4) is 17.0 Å². The number of ether oxygens (including phenoxy) is 1. The first kappa shape index (κ1) is 34.0. The van der Waals surface area contributed by atoms with E-state index >= 15 is 0 Å². The zero-order valence-corrected chi connectivity index (χ0v) is 27.6. The van der Waals surface area contributed by atoms with Gasteiger partial charge in [-0.05, 0) is 37.1 Å². The van der Waals surface area contributed by atoms with Crippen molar-refractivity contribution in [2.75, 3.05) is 76.7 Å². The van der Waals surface area contributed by atoms with Crippen LogP contribution in [0.15, 0.2) is 47.4 Å². The molecule has 0 unspecified atom stereocenters. The second kappa shape index (κ2) is 15.1. The molecule has 0 amide bonds. The molecule has 4 heterocycles. The van der Waals surface area contributed by atoms with Gasteiger partial charge in [-0.15, -0.1) is 11.8 Å². The number of methoxy groups -OCH3 is 1. The predicted molar refractivity (Wildman–Crippen MR) is 177 cm³/mol. The number of thioether (sulfide) groups is 1. The molecule has 0 bridgehead atoms. The monoisotopic (exact) mass is 676 g/mol. The number of nitrogens with zero attached hydrogens (tertiary/aromatic N) is 5. The summed E-state index contributed by atoms with van der Waals surface area (Å²) in [6.45, 7) is 7.30. The van der Waals surface area contributed by atoms with E-state index < -0.39 is 24.0 Å². The summed E-state index contributed by atoms with van der Waals surface area (Å²) in [4.78, 5) is 6.86. The Hall–Kier alpha value is -2.84. The van der Waals surface area contributed by atoms with E-state index in [1.54, 1.807) is 13.2 Å². The van der Waals surface area contributed by atoms with E-state index in [1.165, 1.54) is 17.8 Å². The van der Waals surface area contributed by atoms with Crippen LogP contribution in [0.4, 0.5) is 23.2 Å². The maximum Gasteiger partial charge on any atom is 0.417 e. The van der Waals surface area contributed by atoms with Crippen LogP contribution >= 0.6 is 11.8 Å². The van der Waals surface area contributed by atoms with E-state index in [4.69, 9.17) is 9.84 Å². The number of alkyl halides is 4. The first-order valence-corrected chi connectivity index (χ1v) is 17.5. The minimum atomic E-state index is -4.48. The van der Waals surface area contributed by atoms with Crippen molar-refractivity contribution >= 4 is 17.4 Å². The predicted octanol–water partition coefficient (Wildman–Crippen LogP) is 4.93. The topological polar surface area (TPSA) is 69.0 Å². The van der Waals surface area contributed by atoms with Crippen molar-refractivity contribution < 1.29 is 27.4 Å². The highest BCUT2D eigenvalue weighted by atomic mass is 32.2. The fourth-order valence-corrected chi connectivity index (χ4v) is 7.97. The highest BCUT2D eigenvalue weighted by molar-refractivity contribution is 7.99. The molecule has 2 fully saturated rings. The number of anilines is 1. The summed E-state index contributed by atoms with van der Waals surface area (Å²) in [5, 5.41) is 19.5. The van der Waals surface area contributed by atoms with Gasteiger partial charge in [0.2, 0.25) is 0 Å². The molecule has 47 heavy (non-hydrogen) atoms. The largest absolute Gasteiger partial charge is 0.495 e. The van der Waals surface area contributed by atoms with Gasteiger partial charge in [-0.3, -0.25) is 9.58 Å². The first-order chi connectivity index (χ1) is 22.7. The molecule has 3 aliphatic rings. The molecule has 0 spiro atoms. The Morgan fingerprint density at radius 1 is 1.02 bits per heavy atom. The molecule has 256 valence electrons. The zero-order valence-electron chi connectivity index (χ0n) is 26.8. The first-order valence-electron chi connectivity index (χ1n) is 16.5. The van der Waals surface area contributed by atoms with Gasteiger partial charge in [0.15, 0.2) is 0 Å². The summed E-state index contributed by atoms with van der Waals surface area (Å²) >= 11 is 1.19. The number of β-amino-alcohol motifs (C(OH)–C–C–N with tert-alkyl or cyclic N) is 1. The number of hydrogen-bond acceptors (Lipinski definition) is 8. The van der Waals surface area contributed by atoms with E-state index in [2.05, 4.69) is 26.1 Å². The Morgan fingerprint density at radius 3 is 2.53 bits per heavy atom. The lowest BCUT2D eigenvalue weighted by Gasteiger charge is -2.37. The molecule has 1 atom stereocenters. The Bertz CT molecular complexity index is 1490. The second-order valence-corrected chi connectivity index (χ2v) is 13.7. The van der Waals surface area contributed by atoms with E-state index in [9.17, 15) is 22.7 Å². The van der Waals surface area contributed by atoms with Crippen molar-refractivity contribution in [1.82, 2.24) is 24.9 Å². The van der Waals surface area contributed by atoms with Crippen LogP contribution in [0.5, 0.6) is 5.75 Å². The van der Waals surface area contributed by atoms with Crippen LogP contribution in [-0.4, -0.2) is 109 Å². The number of likely N-dealkylation sites (tertiary alicyclic amines) is 1. The number of aromatic nitrogens is 2. The van der Waals surface area contributed by atoms with Crippen LogP contribution in [0.1, 0.15) is 29.7 Å². The lowest BCUT2D eigenvalue weighted by atomic mass is 10.0. The van der Waals surface area contributed by atoms with Crippen LogP contribution < -0.4 is 15.0 Å². The quantitative estimate of drug-likeness (QED) is 0.219. The van der Waals surface area contributed by atoms with E-state index in [-0.39, 0.29) is 4.90 Å². The smallest absolute Gasteiger partial charge is 0.417 e. The summed E-state index contributed by atoms with van der Waals surface area (Å²) in [5.74, 6) is 1.33. The third-order valence-electron chi connectivity index (χ3n) is 9.40. The fraction of sp³-hybridized carbons (Fsp3) is 0.559. The Morgan fingerprint density at radius 2 is 1.79 bits per heavy atom. The summed E-state index contributed by atoms with van der Waals surface area (Å²) < 4.78 is 63.0. The van der Waals surface area contributed by atoms with Crippen molar-refractivity contribution in [3.63, 3.8) is 0 Å². The van der Waals surface area contributed by atoms with Crippen LogP contribution in [0.2, 0.25) is 0 Å². The number of halogens is 4. The second-order valence-electron chi connectivity index (χ2n) is 12.6. The molecule has 2 N–H and O–H groups in total. The number of piperazine rings is 1.